The van der Waals surface area contributed by atoms with Crippen LogP contribution in [0.1, 0.15) is 58.1 Å². The predicted molar refractivity (Wildman–Crippen MR) is 116 cm³/mol. The fraction of sp³-hybridized carbons (Fsp3) is 0.520. The first-order valence-electron chi connectivity index (χ1n) is 10.7. The highest BCUT2D eigenvalue weighted by Crippen LogP contribution is 2.35. The number of carbonyl (C=O) groups excluding carboxylic acids is 2. The van der Waals surface area contributed by atoms with Crippen LogP contribution in [0.25, 0.3) is 10.8 Å². The molecule has 1 heterocycles. The Morgan fingerprint density at radius 1 is 1.27 bits per heavy atom. The van der Waals surface area contributed by atoms with Crippen LogP contribution in [0.15, 0.2) is 30.3 Å². The van der Waals surface area contributed by atoms with Crippen LogP contribution in [-0.2, 0) is 20.7 Å². The summed E-state index contributed by atoms with van der Waals surface area (Å²) in [6, 6.07) is 9.83. The molecule has 2 aromatic rings. The molecule has 1 saturated heterocycles. The molecule has 0 spiro atoms. The largest absolute Gasteiger partial charge is 0.462 e. The number of aryl methyl sites for hydroxylation is 2. The number of hydrogen-bond acceptors (Lipinski definition) is 5. The number of esters is 2. The van der Waals surface area contributed by atoms with Crippen molar-refractivity contribution in [2.75, 3.05) is 0 Å². The average Bonchev–Trinajstić information content (AvgIpc) is 2.66. The van der Waals surface area contributed by atoms with Crippen LogP contribution in [0.2, 0.25) is 0 Å². The Labute approximate surface area is 178 Å². The van der Waals surface area contributed by atoms with Crippen LogP contribution < -0.4 is 4.74 Å². The summed E-state index contributed by atoms with van der Waals surface area (Å²) in [5.74, 6) is 0.111. The molecule has 0 saturated carbocycles. The van der Waals surface area contributed by atoms with E-state index in [2.05, 4.69) is 6.07 Å². The molecular weight excluding hydrogens is 380 g/mol. The highest BCUT2D eigenvalue weighted by atomic mass is 16.5. The van der Waals surface area contributed by atoms with Crippen molar-refractivity contribution in [3.05, 3.63) is 41.5 Å². The van der Waals surface area contributed by atoms with Crippen molar-refractivity contribution in [1.29, 1.82) is 0 Å². The first kappa shape index (κ1) is 22.3. The summed E-state index contributed by atoms with van der Waals surface area (Å²) in [7, 11) is 0. The molecule has 5 nitrogen and oxygen atoms in total. The van der Waals surface area contributed by atoms with Crippen LogP contribution in [0.3, 0.4) is 0 Å². The average molecular weight is 413 g/mol. The standard InChI is InChI=1S/C25H32O5/c1-15(2)25(4,5)24(28)30-21-8-6-7-17-10-9-16(3)20(23(17)21)12-11-19-13-18(26)14-22(27)29-19/h6-10,15,18-19,26H,11-14H2,1-5H3/t18-,19-/m1/s1. The molecule has 5 heteroatoms. The number of cyclic esters (lactones) is 1. The third-order valence-corrected chi connectivity index (χ3v) is 6.47. The van der Waals surface area contributed by atoms with Gasteiger partial charge in [-0.15, -0.1) is 0 Å². The summed E-state index contributed by atoms with van der Waals surface area (Å²) in [5, 5.41) is 11.8. The lowest BCUT2D eigenvalue weighted by atomic mass is 9.81. The van der Waals surface area contributed by atoms with Crippen molar-refractivity contribution in [2.24, 2.45) is 11.3 Å². The van der Waals surface area contributed by atoms with Gasteiger partial charge in [0.05, 0.1) is 17.9 Å². The second kappa shape index (κ2) is 8.76. The Morgan fingerprint density at radius 2 is 2.00 bits per heavy atom. The zero-order valence-corrected chi connectivity index (χ0v) is 18.5. The van der Waals surface area contributed by atoms with Gasteiger partial charge in [-0.25, -0.2) is 0 Å². The van der Waals surface area contributed by atoms with E-state index in [9.17, 15) is 14.7 Å². The van der Waals surface area contributed by atoms with E-state index < -0.39 is 11.5 Å². The van der Waals surface area contributed by atoms with Gasteiger partial charge < -0.3 is 14.6 Å². The highest BCUT2D eigenvalue weighted by molar-refractivity contribution is 5.94. The van der Waals surface area contributed by atoms with Gasteiger partial charge in [0.15, 0.2) is 0 Å². The zero-order valence-electron chi connectivity index (χ0n) is 18.5. The fourth-order valence-electron chi connectivity index (χ4n) is 3.74. The van der Waals surface area contributed by atoms with Crippen molar-refractivity contribution in [1.82, 2.24) is 0 Å². The lowest BCUT2D eigenvalue weighted by molar-refractivity contribution is -0.160. The highest BCUT2D eigenvalue weighted by Gasteiger charge is 2.34. The number of rotatable bonds is 6. The normalized spacial score (nSPS) is 19.8. The minimum atomic E-state index is -0.639. The first-order chi connectivity index (χ1) is 14.1. The van der Waals surface area contributed by atoms with E-state index in [1.54, 1.807) is 0 Å². The Hall–Kier alpha value is -2.40. The molecule has 0 bridgehead atoms. The summed E-state index contributed by atoms with van der Waals surface area (Å²) in [6.45, 7) is 9.87. The summed E-state index contributed by atoms with van der Waals surface area (Å²) < 4.78 is 11.3. The molecule has 1 fully saturated rings. The van der Waals surface area contributed by atoms with Crippen LogP contribution >= 0.6 is 0 Å². The lowest BCUT2D eigenvalue weighted by Crippen LogP contribution is -2.34. The molecule has 0 aliphatic carbocycles. The third kappa shape index (κ3) is 4.67. The maximum absolute atomic E-state index is 12.9. The SMILES string of the molecule is Cc1ccc2cccc(OC(=O)C(C)(C)C(C)C)c2c1CC[C@@H]1C[C@@H](O)CC(=O)O1. The van der Waals surface area contributed by atoms with Crippen LogP contribution in [-0.4, -0.2) is 29.3 Å². The Bertz CT molecular complexity index is 944. The van der Waals surface area contributed by atoms with E-state index in [0.29, 0.717) is 25.0 Å². The Balaban J connectivity index is 1.92. The van der Waals surface area contributed by atoms with E-state index in [1.165, 1.54) is 0 Å². The van der Waals surface area contributed by atoms with Crippen LogP contribution in [0, 0.1) is 18.3 Å². The van der Waals surface area contributed by atoms with Gasteiger partial charge in [0, 0.05) is 11.8 Å². The molecule has 0 radical (unpaired) electrons. The summed E-state index contributed by atoms with van der Waals surface area (Å²) in [6.07, 6.45) is 0.860. The van der Waals surface area contributed by atoms with E-state index in [4.69, 9.17) is 9.47 Å². The van der Waals surface area contributed by atoms with Gasteiger partial charge in [0.1, 0.15) is 11.9 Å². The smallest absolute Gasteiger partial charge is 0.317 e. The van der Waals surface area contributed by atoms with E-state index >= 15 is 0 Å². The summed E-state index contributed by atoms with van der Waals surface area (Å²) in [5.41, 5.74) is 1.57. The molecule has 1 aliphatic heterocycles. The number of hydrogen-bond donors (Lipinski definition) is 1. The number of benzene rings is 2. The minimum Gasteiger partial charge on any atom is -0.462 e. The quantitative estimate of drug-likeness (QED) is 0.548. The third-order valence-electron chi connectivity index (χ3n) is 6.47. The number of fused-ring (bicyclic) bond motifs is 1. The second-order valence-electron chi connectivity index (χ2n) is 9.23. The molecule has 2 atom stereocenters. The van der Waals surface area contributed by atoms with Crippen molar-refractivity contribution < 1.29 is 24.2 Å². The summed E-state index contributed by atoms with van der Waals surface area (Å²) >= 11 is 0. The Kier molecular flexibility index (Phi) is 6.51. The minimum absolute atomic E-state index is 0.0650. The van der Waals surface area contributed by atoms with E-state index in [0.717, 1.165) is 21.9 Å². The van der Waals surface area contributed by atoms with Crippen molar-refractivity contribution in [3.8, 4) is 5.75 Å². The monoisotopic (exact) mass is 412 g/mol. The van der Waals surface area contributed by atoms with Gasteiger partial charge in [-0.3, -0.25) is 9.59 Å². The van der Waals surface area contributed by atoms with Gasteiger partial charge >= 0.3 is 11.9 Å². The van der Waals surface area contributed by atoms with Gasteiger partial charge in [-0.2, -0.15) is 0 Å². The summed E-state index contributed by atoms with van der Waals surface area (Å²) in [4.78, 5) is 24.5. The van der Waals surface area contributed by atoms with Crippen LogP contribution in [0.5, 0.6) is 5.75 Å². The van der Waals surface area contributed by atoms with Gasteiger partial charge in [-0.05, 0) is 62.1 Å². The zero-order chi connectivity index (χ0) is 22.1. The number of ether oxygens (including phenoxy) is 2. The predicted octanol–water partition coefficient (Wildman–Crippen LogP) is 4.73. The van der Waals surface area contributed by atoms with Gasteiger partial charge in [0.25, 0.3) is 0 Å². The van der Waals surface area contributed by atoms with Gasteiger partial charge in [-0.1, -0.05) is 38.1 Å². The Morgan fingerprint density at radius 3 is 2.67 bits per heavy atom. The maximum Gasteiger partial charge on any atom is 0.317 e. The maximum atomic E-state index is 12.9. The fourth-order valence-corrected chi connectivity index (χ4v) is 3.74. The molecular formula is C25H32O5. The molecule has 0 amide bonds. The molecule has 0 aromatic heterocycles. The van der Waals surface area contributed by atoms with Crippen molar-refractivity contribution >= 4 is 22.7 Å². The topological polar surface area (TPSA) is 72.8 Å². The van der Waals surface area contributed by atoms with E-state index in [-0.39, 0.29) is 30.4 Å². The second-order valence-corrected chi connectivity index (χ2v) is 9.23. The van der Waals surface area contributed by atoms with Crippen molar-refractivity contribution in [3.63, 3.8) is 0 Å². The van der Waals surface area contributed by atoms with Gasteiger partial charge in [0.2, 0.25) is 0 Å². The van der Waals surface area contributed by atoms with E-state index in [1.807, 2.05) is 58.9 Å². The molecule has 3 rings (SSSR count). The molecule has 1 aliphatic rings. The number of aliphatic hydroxyl groups excluding tert-OH is 1. The molecule has 30 heavy (non-hydrogen) atoms. The number of aliphatic hydroxyl groups is 1. The number of carbonyl (C=O) groups is 2. The lowest BCUT2D eigenvalue weighted by Gasteiger charge is -2.27. The van der Waals surface area contributed by atoms with Crippen LogP contribution in [0.4, 0.5) is 0 Å². The van der Waals surface area contributed by atoms with Crippen molar-refractivity contribution in [2.45, 2.75) is 72.5 Å². The molecule has 2 aromatic carbocycles. The first-order valence-corrected chi connectivity index (χ1v) is 10.7. The molecule has 1 N–H and O–H groups in total. The molecule has 0 unspecified atom stereocenters. The molecule has 162 valence electrons.